The normalized spacial score (nSPS) is 20.5. The van der Waals surface area contributed by atoms with E-state index in [1.807, 2.05) is 37.3 Å². The Morgan fingerprint density at radius 1 is 1.12 bits per heavy atom. The molecule has 0 saturated carbocycles. The molecule has 4 nitrogen and oxygen atoms in total. The topological polar surface area (TPSA) is 40.6 Å². The minimum absolute atomic E-state index is 0.138. The molecular formula is C20H19FN2O2. The summed E-state index contributed by atoms with van der Waals surface area (Å²) in [5, 5.41) is 0. The van der Waals surface area contributed by atoms with Crippen molar-refractivity contribution in [3.05, 3.63) is 77.6 Å². The van der Waals surface area contributed by atoms with Crippen molar-refractivity contribution >= 4 is 18.0 Å². The lowest BCUT2D eigenvalue weighted by Gasteiger charge is -2.23. The van der Waals surface area contributed by atoms with Gasteiger partial charge < -0.3 is 4.90 Å². The fourth-order valence-corrected chi connectivity index (χ4v) is 3.06. The van der Waals surface area contributed by atoms with E-state index in [1.54, 1.807) is 24.1 Å². The first-order valence-electron chi connectivity index (χ1n) is 8.07. The number of carbonyl (C=O) groups is 2. The molecule has 0 aromatic heterocycles. The van der Waals surface area contributed by atoms with E-state index < -0.39 is 5.91 Å². The molecule has 1 aliphatic heterocycles. The van der Waals surface area contributed by atoms with E-state index in [4.69, 9.17) is 0 Å². The van der Waals surface area contributed by atoms with Crippen LogP contribution in [0.2, 0.25) is 0 Å². The molecular weight excluding hydrogens is 319 g/mol. The van der Waals surface area contributed by atoms with E-state index >= 15 is 0 Å². The zero-order valence-corrected chi connectivity index (χ0v) is 14.1. The minimum Gasteiger partial charge on any atom is -0.322 e. The third-order valence-corrected chi connectivity index (χ3v) is 4.50. The smallest absolute Gasteiger partial charge is 0.322 e. The standard InChI is InChI=1S/C20H19FN2O2/c1-14-19(16-8-4-3-5-9-16)23(20(25)22(14)2)18(24)12-11-15-7-6-10-17(21)13-15/h3-14,19H,1-2H3. The highest BCUT2D eigenvalue weighted by Gasteiger charge is 2.44. The highest BCUT2D eigenvalue weighted by molar-refractivity contribution is 6.04. The largest absolute Gasteiger partial charge is 0.327 e. The summed E-state index contributed by atoms with van der Waals surface area (Å²) < 4.78 is 13.3. The van der Waals surface area contributed by atoms with Gasteiger partial charge in [-0.3, -0.25) is 9.69 Å². The Labute approximate surface area is 146 Å². The van der Waals surface area contributed by atoms with Gasteiger partial charge in [0, 0.05) is 13.1 Å². The molecule has 1 heterocycles. The fraction of sp³-hybridized carbons (Fsp3) is 0.200. The zero-order valence-electron chi connectivity index (χ0n) is 14.1. The van der Waals surface area contributed by atoms with Gasteiger partial charge in [0.05, 0.1) is 12.1 Å². The van der Waals surface area contributed by atoms with Gasteiger partial charge in [0.1, 0.15) is 5.82 Å². The Kier molecular flexibility index (Phi) is 4.65. The van der Waals surface area contributed by atoms with E-state index in [9.17, 15) is 14.0 Å². The molecule has 1 aliphatic rings. The molecule has 0 spiro atoms. The molecule has 2 unspecified atom stereocenters. The number of carbonyl (C=O) groups excluding carboxylic acids is 2. The van der Waals surface area contributed by atoms with Crippen LogP contribution < -0.4 is 0 Å². The number of benzene rings is 2. The number of halogens is 1. The van der Waals surface area contributed by atoms with E-state index in [0.717, 1.165) is 5.56 Å². The molecule has 0 bridgehead atoms. The van der Waals surface area contributed by atoms with Crippen LogP contribution in [0, 0.1) is 5.82 Å². The first kappa shape index (κ1) is 16.9. The summed E-state index contributed by atoms with van der Waals surface area (Å²) in [6, 6.07) is 14.6. The van der Waals surface area contributed by atoms with Crippen LogP contribution in [-0.4, -0.2) is 34.8 Å². The Morgan fingerprint density at radius 3 is 2.52 bits per heavy atom. The molecule has 1 fully saturated rings. The average molecular weight is 338 g/mol. The van der Waals surface area contributed by atoms with Crippen LogP contribution in [0.3, 0.4) is 0 Å². The molecule has 25 heavy (non-hydrogen) atoms. The number of nitrogens with zero attached hydrogens (tertiary/aromatic N) is 2. The zero-order chi connectivity index (χ0) is 18.0. The molecule has 2 aromatic carbocycles. The van der Waals surface area contributed by atoms with Crippen molar-refractivity contribution in [3.8, 4) is 0 Å². The second kappa shape index (κ2) is 6.89. The molecule has 2 atom stereocenters. The highest BCUT2D eigenvalue weighted by Crippen LogP contribution is 2.34. The third-order valence-electron chi connectivity index (χ3n) is 4.50. The predicted octanol–water partition coefficient (Wildman–Crippen LogP) is 3.86. The van der Waals surface area contributed by atoms with E-state index in [0.29, 0.717) is 5.56 Å². The molecule has 1 saturated heterocycles. The van der Waals surface area contributed by atoms with Crippen molar-refractivity contribution in [2.45, 2.75) is 19.0 Å². The molecule has 0 radical (unpaired) electrons. The van der Waals surface area contributed by atoms with Crippen molar-refractivity contribution in [2.75, 3.05) is 7.05 Å². The van der Waals surface area contributed by atoms with Gasteiger partial charge in [-0.15, -0.1) is 0 Å². The van der Waals surface area contributed by atoms with Gasteiger partial charge in [-0.2, -0.15) is 0 Å². The molecule has 2 aromatic rings. The number of rotatable bonds is 3. The van der Waals surface area contributed by atoms with Crippen LogP contribution in [0.25, 0.3) is 6.08 Å². The van der Waals surface area contributed by atoms with Crippen molar-refractivity contribution in [1.29, 1.82) is 0 Å². The summed E-state index contributed by atoms with van der Waals surface area (Å²) in [6.45, 7) is 1.92. The van der Waals surface area contributed by atoms with Gasteiger partial charge in [0.2, 0.25) is 0 Å². The van der Waals surface area contributed by atoms with Gasteiger partial charge in [0.15, 0.2) is 0 Å². The first-order valence-corrected chi connectivity index (χ1v) is 8.07. The SMILES string of the molecule is CC1C(c2ccccc2)N(C(=O)C=Cc2cccc(F)c2)C(=O)N1C. The van der Waals surface area contributed by atoms with Gasteiger partial charge in [-0.1, -0.05) is 42.5 Å². The highest BCUT2D eigenvalue weighted by atomic mass is 19.1. The maximum Gasteiger partial charge on any atom is 0.327 e. The minimum atomic E-state index is -0.417. The van der Waals surface area contributed by atoms with Crippen LogP contribution in [0.4, 0.5) is 9.18 Å². The Hall–Kier alpha value is -2.95. The van der Waals surface area contributed by atoms with Crippen LogP contribution in [0.15, 0.2) is 60.7 Å². The summed E-state index contributed by atoms with van der Waals surface area (Å²) in [4.78, 5) is 28.1. The second-order valence-corrected chi connectivity index (χ2v) is 6.09. The van der Waals surface area contributed by atoms with E-state index in [1.165, 1.54) is 29.2 Å². The molecule has 0 aliphatic carbocycles. The molecule has 3 rings (SSSR count). The summed E-state index contributed by atoms with van der Waals surface area (Å²) in [7, 11) is 1.69. The number of hydrogen-bond acceptors (Lipinski definition) is 2. The molecule has 3 amide bonds. The fourth-order valence-electron chi connectivity index (χ4n) is 3.06. The Morgan fingerprint density at radius 2 is 1.84 bits per heavy atom. The Bertz CT molecular complexity index is 819. The van der Waals surface area contributed by atoms with Gasteiger partial charge in [-0.05, 0) is 36.3 Å². The summed E-state index contributed by atoms with van der Waals surface area (Å²) >= 11 is 0. The van der Waals surface area contributed by atoms with Crippen LogP contribution in [0.5, 0.6) is 0 Å². The van der Waals surface area contributed by atoms with Crippen LogP contribution in [0.1, 0.15) is 24.1 Å². The maximum absolute atomic E-state index is 13.3. The lowest BCUT2D eigenvalue weighted by atomic mass is 10.0. The Balaban J connectivity index is 1.89. The quantitative estimate of drug-likeness (QED) is 0.797. The number of urea groups is 1. The van der Waals surface area contributed by atoms with Gasteiger partial charge in [-0.25, -0.2) is 9.18 Å². The third kappa shape index (κ3) is 3.31. The average Bonchev–Trinajstić information content (AvgIpc) is 2.85. The number of amides is 3. The van der Waals surface area contributed by atoms with E-state index in [2.05, 4.69) is 0 Å². The summed E-state index contributed by atoms with van der Waals surface area (Å²) in [5.74, 6) is -0.790. The first-order chi connectivity index (χ1) is 12.0. The van der Waals surface area contributed by atoms with E-state index in [-0.39, 0.29) is 23.9 Å². The van der Waals surface area contributed by atoms with Crippen molar-refractivity contribution in [1.82, 2.24) is 9.80 Å². The van der Waals surface area contributed by atoms with Crippen molar-refractivity contribution in [2.24, 2.45) is 0 Å². The lowest BCUT2D eigenvalue weighted by Crippen LogP contribution is -2.35. The summed E-state index contributed by atoms with van der Waals surface area (Å²) in [6.07, 6.45) is 2.83. The molecule has 5 heteroatoms. The van der Waals surface area contributed by atoms with Crippen molar-refractivity contribution in [3.63, 3.8) is 0 Å². The maximum atomic E-state index is 13.3. The molecule has 0 N–H and O–H groups in total. The van der Waals surface area contributed by atoms with Gasteiger partial charge >= 0.3 is 6.03 Å². The second-order valence-electron chi connectivity index (χ2n) is 6.09. The molecule has 128 valence electrons. The predicted molar refractivity (Wildman–Crippen MR) is 94.1 cm³/mol. The van der Waals surface area contributed by atoms with Crippen molar-refractivity contribution < 1.29 is 14.0 Å². The number of likely N-dealkylation sites (N-methyl/N-ethyl adjacent to an activating group) is 1. The van der Waals surface area contributed by atoms with Crippen LogP contribution in [-0.2, 0) is 4.79 Å². The lowest BCUT2D eigenvalue weighted by molar-refractivity contribution is -0.124. The monoisotopic (exact) mass is 338 g/mol. The summed E-state index contributed by atoms with van der Waals surface area (Å²) in [5.41, 5.74) is 1.47. The number of hydrogen-bond donors (Lipinski definition) is 0. The van der Waals surface area contributed by atoms with Gasteiger partial charge in [0.25, 0.3) is 5.91 Å². The number of imide groups is 1. The van der Waals surface area contributed by atoms with Crippen LogP contribution >= 0.6 is 0 Å².